The summed E-state index contributed by atoms with van der Waals surface area (Å²) in [6.45, 7) is 4.46. The molecule has 98 valence electrons. The van der Waals surface area contributed by atoms with Gasteiger partial charge in [0, 0.05) is 25.6 Å². The van der Waals surface area contributed by atoms with E-state index in [1.165, 1.54) is 19.3 Å². The second kappa shape index (κ2) is 4.60. The summed E-state index contributed by atoms with van der Waals surface area (Å²) >= 11 is 0. The van der Waals surface area contributed by atoms with E-state index in [-0.39, 0.29) is 11.9 Å². The van der Waals surface area contributed by atoms with E-state index in [1.54, 1.807) is 0 Å². The molecule has 2 N–H and O–H groups in total. The van der Waals surface area contributed by atoms with E-state index < -0.39 is 0 Å². The van der Waals surface area contributed by atoms with Crippen molar-refractivity contribution in [3.05, 3.63) is 0 Å². The predicted molar refractivity (Wildman–Crippen MR) is 69.5 cm³/mol. The van der Waals surface area contributed by atoms with Gasteiger partial charge in [0.2, 0.25) is 5.91 Å². The van der Waals surface area contributed by atoms with Gasteiger partial charge in [-0.25, -0.2) is 0 Å². The van der Waals surface area contributed by atoms with Crippen LogP contribution in [0.5, 0.6) is 0 Å². The summed E-state index contributed by atoms with van der Waals surface area (Å²) in [6, 6.07) is 0.617. The fourth-order valence-electron chi connectivity index (χ4n) is 2.99. The molecule has 2 rings (SSSR count). The lowest BCUT2D eigenvalue weighted by molar-refractivity contribution is -0.134. The quantitative estimate of drug-likeness (QED) is 0.815. The van der Waals surface area contributed by atoms with Crippen LogP contribution in [-0.4, -0.2) is 29.9 Å². The minimum atomic E-state index is 0.249. The van der Waals surface area contributed by atoms with Gasteiger partial charge in [0.1, 0.15) is 0 Å². The van der Waals surface area contributed by atoms with E-state index in [1.807, 2.05) is 11.9 Å². The molecule has 0 aliphatic heterocycles. The van der Waals surface area contributed by atoms with Crippen LogP contribution in [0.4, 0.5) is 0 Å². The smallest absolute Gasteiger partial charge is 0.222 e. The Hall–Kier alpha value is -0.570. The zero-order chi connectivity index (χ0) is 12.6. The molecule has 3 heteroatoms. The Morgan fingerprint density at radius 2 is 2.12 bits per heavy atom. The largest absolute Gasteiger partial charge is 0.343 e. The lowest BCUT2D eigenvalue weighted by Gasteiger charge is -2.31. The highest BCUT2D eigenvalue weighted by molar-refractivity contribution is 5.76. The molecule has 0 aromatic heterocycles. The molecule has 2 saturated carbocycles. The Kier molecular flexibility index (Phi) is 3.48. The van der Waals surface area contributed by atoms with E-state index in [9.17, 15) is 4.79 Å². The molecule has 0 radical (unpaired) electrons. The number of rotatable bonds is 4. The first-order chi connectivity index (χ1) is 7.94. The van der Waals surface area contributed by atoms with Gasteiger partial charge in [-0.05, 0) is 43.9 Å². The summed E-state index contributed by atoms with van der Waals surface area (Å²) < 4.78 is 0. The summed E-state index contributed by atoms with van der Waals surface area (Å²) in [5.41, 5.74) is 6.41. The molecule has 1 unspecified atom stereocenters. The summed E-state index contributed by atoms with van der Waals surface area (Å²) in [6.07, 6.45) is 6.58. The molecule has 0 spiro atoms. The molecule has 2 fully saturated rings. The third-order valence-corrected chi connectivity index (χ3v) is 5.18. The van der Waals surface area contributed by atoms with Crippen LogP contribution in [0.3, 0.4) is 0 Å². The molecule has 0 bridgehead atoms. The average molecular weight is 238 g/mol. The van der Waals surface area contributed by atoms with Crippen molar-refractivity contribution in [3.63, 3.8) is 0 Å². The Labute approximate surface area is 105 Å². The summed E-state index contributed by atoms with van der Waals surface area (Å²) in [4.78, 5) is 14.2. The van der Waals surface area contributed by atoms with E-state index in [0.29, 0.717) is 23.8 Å². The summed E-state index contributed by atoms with van der Waals surface area (Å²) in [5, 5.41) is 0. The van der Waals surface area contributed by atoms with Crippen molar-refractivity contribution in [2.24, 2.45) is 17.1 Å². The second-order valence-electron chi connectivity index (χ2n) is 6.39. The predicted octanol–water partition coefficient (Wildman–Crippen LogP) is 2.15. The first-order valence-electron chi connectivity index (χ1n) is 6.95. The number of amides is 1. The van der Waals surface area contributed by atoms with Gasteiger partial charge in [-0.1, -0.05) is 13.3 Å². The maximum Gasteiger partial charge on any atom is 0.222 e. The Balaban J connectivity index is 1.86. The van der Waals surface area contributed by atoms with Crippen molar-refractivity contribution < 1.29 is 4.79 Å². The van der Waals surface area contributed by atoms with Crippen LogP contribution < -0.4 is 5.73 Å². The average Bonchev–Trinajstić information content (AvgIpc) is 2.93. The van der Waals surface area contributed by atoms with Gasteiger partial charge in [-0.2, -0.15) is 0 Å². The van der Waals surface area contributed by atoms with Crippen molar-refractivity contribution in [3.8, 4) is 0 Å². The molecular formula is C14H26N2O. The normalized spacial score (nSPS) is 32.2. The fourth-order valence-corrected chi connectivity index (χ4v) is 2.99. The van der Waals surface area contributed by atoms with E-state index >= 15 is 0 Å². The number of carbonyl (C=O) groups is 1. The monoisotopic (exact) mass is 238 g/mol. The number of hydrogen-bond donors (Lipinski definition) is 1. The number of nitrogens with two attached hydrogens (primary N) is 1. The maximum absolute atomic E-state index is 12.2. The van der Waals surface area contributed by atoms with Crippen LogP contribution in [0.1, 0.15) is 52.4 Å². The molecular weight excluding hydrogens is 212 g/mol. The zero-order valence-corrected chi connectivity index (χ0v) is 11.4. The van der Waals surface area contributed by atoms with Crippen LogP contribution in [0.2, 0.25) is 0 Å². The lowest BCUT2D eigenvalue weighted by Crippen LogP contribution is -2.41. The Bertz CT molecular complexity index is 299. The van der Waals surface area contributed by atoms with Crippen molar-refractivity contribution in [1.29, 1.82) is 0 Å². The summed E-state index contributed by atoms with van der Waals surface area (Å²) in [5.74, 6) is 0.706. The molecule has 0 aromatic rings. The van der Waals surface area contributed by atoms with E-state index in [4.69, 9.17) is 5.73 Å². The highest BCUT2D eigenvalue weighted by Crippen LogP contribution is 2.49. The van der Waals surface area contributed by atoms with Gasteiger partial charge >= 0.3 is 0 Å². The lowest BCUT2D eigenvalue weighted by atomic mass is 9.96. The minimum Gasteiger partial charge on any atom is -0.343 e. The van der Waals surface area contributed by atoms with Gasteiger partial charge in [-0.3, -0.25) is 4.79 Å². The number of carbonyl (C=O) groups excluding carboxylic acids is 1. The maximum atomic E-state index is 12.2. The van der Waals surface area contributed by atoms with Gasteiger partial charge < -0.3 is 10.6 Å². The van der Waals surface area contributed by atoms with Crippen molar-refractivity contribution >= 4 is 5.91 Å². The first-order valence-corrected chi connectivity index (χ1v) is 6.95. The molecule has 2 aliphatic carbocycles. The standard InChI is InChI=1S/C14H26N2O/c1-10(14(2)7-8-14)16(3)13(17)9-11-5-4-6-12(11)15/h10-12H,4-9,15H2,1-3H3/t10?,11-,12+/m0/s1. The van der Waals surface area contributed by atoms with Crippen LogP contribution in [0.25, 0.3) is 0 Å². The Morgan fingerprint density at radius 3 is 2.59 bits per heavy atom. The van der Waals surface area contributed by atoms with E-state index in [0.717, 1.165) is 12.8 Å². The van der Waals surface area contributed by atoms with E-state index in [2.05, 4.69) is 13.8 Å². The molecule has 3 nitrogen and oxygen atoms in total. The van der Waals surface area contributed by atoms with Crippen LogP contribution in [-0.2, 0) is 4.79 Å². The number of hydrogen-bond acceptors (Lipinski definition) is 2. The van der Waals surface area contributed by atoms with Crippen molar-refractivity contribution in [2.45, 2.75) is 64.5 Å². The molecule has 17 heavy (non-hydrogen) atoms. The molecule has 3 atom stereocenters. The third-order valence-electron chi connectivity index (χ3n) is 5.18. The number of nitrogens with zero attached hydrogens (tertiary/aromatic N) is 1. The van der Waals surface area contributed by atoms with Gasteiger partial charge in [0.15, 0.2) is 0 Å². The molecule has 0 aromatic carbocycles. The SMILES string of the molecule is CC(N(C)C(=O)C[C@@H]1CCC[C@H]1N)C1(C)CC1. The van der Waals surface area contributed by atoms with Crippen molar-refractivity contribution in [1.82, 2.24) is 4.90 Å². The van der Waals surface area contributed by atoms with Crippen LogP contribution >= 0.6 is 0 Å². The topological polar surface area (TPSA) is 46.3 Å². The zero-order valence-electron chi connectivity index (χ0n) is 11.4. The molecule has 0 saturated heterocycles. The minimum absolute atomic E-state index is 0.249. The fraction of sp³-hybridized carbons (Fsp3) is 0.929. The third kappa shape index (κ3) is 2.65. The highest BCUT2D eigenvalue weighted by Gasteiger charge is 2.45. The molecule has 1 amide bonds. The Morgan fingerprint density at radius 1 is 1.47 bits per heavy atom. The van der Waals surface area contributed by atoms with Gasteiger partial charge in [-0.15, -0.1) is 0 Å². The van der Waals surface area contributed by atoms with Gasteiger partial charge in [0.25, 0.3) is 0 Å². The van der Waals surface area contributed by atoms with Crippen LogP contribution in [0, 0.1) is 11.3 Å². The first kappa shape index (κ1) is 12.9. The highest BCUT2D eigenvalue weighted by atomic mass is 16.2. The second-order valence-corrected chi connectivity index (χ2v) is 6.39. The van der Waals surface area contributed by atoms with Crippen molar-refractivity contribution in [2.75, 3.05) is 7.05 Å². The summed E-state index contributed by atoms with van der Waals surface area (Å²) in [7, 11) is 1.96. The molecule has 2 aliphatic rings. The van der Waals surface area contributed by atoms with Gasteiger partial charge in [0.05, 0.1) is 0 Å². The van der Waals surface area contributed by atoms with Crippen LogP contribution in [0.15, 0.2) is 0 Å². The molecule has 0 heterocycles.